The van der Waals surface area contributed by atoms with Crippen LogP contribution in [0.15, 0.2) is 0 Å². The number of rotatable bonds is 8. The summed E-state index contributed by atoms with van der Waals surface area (Å²) < 4.78 is 0. The maximum absolute atomic E-state index is 2.46. The molecule has 0 rings (SSSR count). The molecular formula is C17H36. The molecule has 0 aliphatic carbocycles. The first-order valence-electron chi connectivity index (χ1n) is 7.74. The Kier molecular flexibility index (Phi) is 7.44. The van der Waals surface area contributed by atoms with Crippen molar-refractivity contribution in [3.05, 3.63) is 0 Å². The van der Waals surface area contributed by atoms with Crippen LogP contribution in [-0.2, 0) is 0 Å². The summed E-state index contributed by atoms with van der Waals surface area (Å²) in [6.07, 6.45) is 5.43. The number of hydrogen-bond acceptors (Lipinski definition) is 0. The predicted molar refractivity (Wildman–Crippen MR) is 80.3 cm³/mol. The third-order valence-electron chi connectivity index (χ3n) is 5.04. The monoisotopic (exact) mass is 240 g/mol. The fourth-order valence-corrected chi connectivity index (χ4v) is 2.68. The van der Waals surface area contributed by atoms with E-state index in [0.29, 0.717) is 5.41 Å². The molecule has 0 fully saturated rings. The fourth-order valence-electron chi connectivity index (χ4n) is 2.68. The summed E-state index contributed by atoms with van der Waals surface area (Å²) in [5, 5.41) is 0. The predicted octanol–water partition coefficient (Wildman–Crippen LogP) is 6.16. The SMILES string of the molecule is CCC(C)C(C)CC(CC(C)C)C(C)(C)CC. The normalized spacial score (nSPS) is 18.2. The third kappa shape index (κ3) is 5.93. The van der Waals surface area contributed by atoms with Gasteiger partial charge in [0.2, 0.25) is 0 Å². The van der Waals surface area contributed by atoms with Crippen molar-refractivity contribution in [2.24, 2.45) is 29.1 Å². The highest BCUT2D eigenvalue weighted by atomic mass is 14.4. The summed E-state index contributed by atoms with van der Waals surface area (Å²) >= 11 is 0. The molecule has 0 aliphatic rings. The fraction of sp³-hybridized carbons (Fsp3) is 1.00. The molecule has 0 bridgehead atoms. The molecule has 0 N–H and O–H groups in total. The highest BCUT2D eigenvalue weighted by molar-refractivity contribution is 4.80. The molecule has 0 aliphatic heterocycles. The molecule has 0 aromatic rings. The van der Waals surface area contributed by atoms with E-state index in [1.807, 2.05) is 0 Å². The first-order chi connectivity index (χ1) is 7.74. The lowest BCUT2D eigenvalue weighted by Crippen LogP contribution is -2.28. The Labute approximate surface area is 111 Å². The first kappa shape index (κ1) is 17.0. The van der Waals surface area contributed by atoms with Gasteiger partial charge in [0.1, 0.15) is 0 Å². The van der Waals surface area contributed by atoms with Crippen molar-refractivity contribution in [2.45, 2.75) is 81.1 Å². The zero-order valence-electron chi connectivity index (χ0n) is 13.6. The van der Waals surface area contributed by atoms with Crippen LogP contribution in [0.2, 0.25) is 0 Å². The Balaban J connectivity index is 4.59. The van der Waals surface area contributed by atoms with E-state index >= 15 is 0 Å². The van der Waals surface area contributed by atoms with Gasteiger partial charge in [-0.05, 0) is 41.9 Å². The second kappa shape index (κ2) is 7.44. The molecule has 0 aromatic carbocycles. The Morgan fingerprint density at radius 1 is 0.824 bits per heavy atom. The van der Waals surface area contributed by atoms with E-state index in [4.69, 9.17) is 0 Å². The van der Waals surface area contributed by atoms with Gasteiger partial charge in [0.05, 0.1) is 0 Å². The minimum atomic E-state index is 0.506. The maximum Gasteiger partial charge on any atom is -0.0328 e. The second-order valence-electron chi connectivity index (χ2n) is 7.27. The summed E-state index contributed by atoms with van der Waals surface area (Å²) in [5.41, 5.74) is 0.506. The van der Waals surface area contributed by atoms with Gasteiger partial charge in [-0.3, -0.25) is 0 Å². The second-order valence-corrected chi connectivity index (χ2v) is 7.27. The zero-order valence-corrected chi connectivity index (χ0v) is 13.6. The molecule has 0 aromatic heterocycles. The van der Waals surface area contributed by atoms with Crippen molar-refractivity contribution < 1.29 is 0 Å². The Hall–Kier alpha value is 0. The molecule has 0 saturated carbocycles. The molecule has 0 spiro atoms. The van der Waals surface area contributed by atoms with E-state index in [1.165, 1.54) is 25.7 Å². The molecule has 3 unspecified atom stereocenters. The summed E-state index contributed by atoms with van der Waals surface area (Å²) in [4.78, 5) is 0. The van der Waals surface area contributed by atoms with Crippen molar-refractivity contribution in [3.8, 4) is 0 Å². The van der Waals surface area contributed by atoms with Gasteiger partial charge < -0.3 is 0 Å². The molecule has 104 valence electrons. The van der Waals surface area contributed by atoms with E-state index in [2.05, 4.69) is 55.4 Å². The lowest BCUT2D eigenvalue weighted by Gasteiger charge is -2.37. The number of hydrogen-bond donors (Lipinski definition) is 0. The van der Waals surface area contributed by atoms with Gasteiger partial charge in [0.25, 0.3) is 0 Å². The minimum absolute atomic E-state index is 0.506. The van der Waals surface area contributed by atoms with Crippen molar-refractivity contribution in [2.75, 3.05) is 0 Å². The van der Waals surface area contributed by atoms with Crippen LogP contribution < -0.4 is 0 Å². The molecule has 0 radical (unpaired) electrons. The topological polar surface area (TPSA) is 0 Å². The van der Waals surface area contributed by atoms with Crippen molar-refractivity contribution in [1.29, 1.82) is 0 Å². The molecule has 0 nitrogen and oxygen atoms in total. The standard InChI is InChI=1S/C17H36/c1-9-14(5)15(6)12-16(11-13(3)4)17(7,8)10-2/h13-16H,9-12H2,1-8H3. The van der Waals surface area contributed by atoms with Gasteiger partial charge in [0, 0.05) is 0 Å². The smallest absolute Gasteiger partial charge is 0.0328 e. The lowest BCUT2D eigenvalue weighted by atomic mass is 9.68. The van der Waals surface area contributed by atoms with Crippen LogP contribution >= 0.6 is 0 Å². The van der Waals surface area contributed by atoms with Crippen LogP contribution in [0.25, 0.3) is 0 Å². The van der Waals surface area contributed by atoms with E-state index in [9.17, 15) is 0 Å². The van der Waals surface area contributed by atoms with E-state index in [1.54, 1.807) is 0 Å². The van der Waals surface area contributed by atoms with Crippen LogP contribution in [0.1, 0.15) is 81.1 Å². The quantitative estimate of drug-likeness (QED) is 0.477. The average Bonchev–Trinajstić information content (AvgIpc) is 2.26. The van der Waals surface area contributed by atoms with Crippen LogP contribution in [0.3, 0.4) is 0 Å². The molecule has 17 heavy (non-hydrogen) atoms. The largest absolute Gasteiger partial charge is 0.0651 e. The van der Waals surface area contributed by atoms with Crippen LogP contribution in [-0.4, -0.2) is 0 Å². The van der Waals surface area contributed by atoms with Crippen molar-refractivity contribution in [1.82, 2.24) is 0 Å². The molecule has 0 heteroatoms. The van der Waals surface area contributed by atoms with Crippen LogP contribution in [0.5, 0.6) is 0 Å². The molecule has 0 amide bonds. The Bertz CT molecular complexity index is 190. The average molecular weight is 240 g/mol. The van der Waals surface area contributed by atoms with Gasteiger partial charge in [-0.1, -0.05) is 68.2 Å². The molecule has 0 heterocycles. The Morgan fingerprint density at radius 2 is 1.35 bits per heavy atom. The minimum Gasteiger partial charge on any atom is -0.0651 e. The van der Waals surface area contributed by atoms with Gasteiger partial charge in [-0.15, -0.1) is 0 Å². The highest BCUT2D eigenvalue weighted by Gasteiger charge is 2.30. The maximum atomic E-state index is 2.46. The summed E-state index contributed by atoms with van der Waals surface area (Å²) in [5.74, 6) is 3.46. The van der Waals surface area contributed by atoms with Crippen molar-refractivity contribution in [3.63, 3.8) is 0 Å². The van der Waals surface area contributed by atoms with Gasteiger partial charge in [-0.25, -0.2) is 0 Å². The van der Waals surface area contributed by atoms with Crippen LogP contribution in [0, 0.1) is 29.1 Å². The summed E-state index contributed by atoms with van der Waals surface area (Å²) in [6.45, 7) is 19.2. The van der Waals surface area contributed by atoms with Crippen molar-refractivity contribution >= 4 is 0 Å². The van der Waals surface area contributed by atoms with Crippen LogP contribution in [0.4, 0.5) is 0 Å². The highest BCUT2D eigenvalue weighted by Crippen LogP contribution is 2.40. The van der Waals surface area contributed by atoms with Gasteiger partial charge in [0.15, 0.2) is 0 Å². The molecule has 0 saturated heterocycles. The summed E-state index contributed by atoms with van der Waals surface area (Å²) in [6, 6.07) is 0. The zero-order chi connectivity index (χ0) is 13.6. The first-order valence-corrected chi connectivity index (χ1v) is 7.74. The Morgan fingerprint density at radius 3 is 1.71 bits per heavy atom. The van der Waals surface area contributed by atoms with E-state index < -0.39 is 0 Å². The van der Waals surface area contributed by atoms with Gasteiger partial charge in [-0.2, -0.15) is 0 Å². The lowest BCUT2D eigenvalue weighted by molar-refractivity contribution is 0.129. The summed E-state index contributed by atoms with van der Waals surface area (Å²) in [7, 11) is 0. The van der Waals surface area contributed by atoms with E-state index in [0.717, 1.165) is 23.7 Å². The molecular weight excluding hydrogens is 204 g/mol. The third-order valence-corrected chi connectivity index (χ3v) is 5.04. The van der Waals surface area contributed by atoms with E-state index in [-0.39, 0.29) is 0 Å². The van der Waals surface area contributed by atoms with Gasteiger partial charge >= 0.3 is 0 Å². The molecule has 3 atom stereocenters.